The summed E-state index contributed by atoms with van der Waals surface area (Å²) in [6.07, 6.45) is 0.935. The molecule has 0 saturated carbocycles. The van der Waals surface area contributed by atoms with Gasteiger partial charge in [0.15, 0.2) is 5.13 Å². The van der Waals surface area contributed by atoms with Gasteiger partial charge in [-0.3, -0.25) is 4.79 Å². The van der Waals surface area contributed by atoms with Gasteiger partial charge in [0, 0.05) is 11.9 Å². The molecule has 2 heterocycles. The number of hydrogen-bond donors (Lipinski definition) is 2. The number of fused-ring (bicyclic) bond motifs is 1. The minimum Gasteiger partial charge on any atom is -0.397 e. The van der Waals surface area contributed by atoms with Crippen LogP contribution in [0.15, 0.2) is 23.6 Å². The van der Waals surface area contributed by atoms with Crippen LogP contribution >= 0.6 is 11.3 Å². The maximum atomic E-state index is 12.1. The molecule has 104 valence electrons. The van der Waals surface area contributed by atoms with Gasteiger partial charge < -0.3 is 16.0 Å². The number of thiazole rings is 1. The van der Waals surface area contributed by atoms with E-state index in [0.29, 0.717) is 11.7 Å². The number of hydrogen-bond acceptors (Lipinski definition) is 5. The Bertz CT molecular complexity index is 652. The number of aryl methyl sites for hydroxylation is 1. The zero-order chi connectivity index (χ0) is 14.1. The molecule has 0 bridgehead atoms. The number of carbonyl (C=O) groups excluding carboxylic acids is 1. The molecule has 1 aliphatic heterocycles. The molecule has 3 rings (SSSR count). The Morgan fingerprint density at radius 1 is 1.55 bits per heavy atom. The highest BCUT2D eigenvalue weighted by Crippen LogP contribution is 2.33. The zero-order valence-electron chi connectivity index (χ0n) is 11.2. The standard InChI is InChI=1S/C14H16N4OS/c1-9-8-20-14(16-9)17-12(19)7-18-6-5-10-3-2-4-11(15)13(10)18/h2-4,8H,5-7,15H2,1H3,(H,16,17,19). The number of nitrogen functional groups attached to an aromatic ring is 1. The van der Waals surface area contributed by atoms with Crippen LogP contribution in [0.1, 0.15) is 11.3 Å². The van der Waals surface area contributed by atoms with Crippen molar-refractivity contribution in [2.75, 3.05) is 29.0 Å². The number of benzene rings is 1. The molecule has 20 heavy (non-hydrogen) atoms. The van der Waals surface area contributed by atoms with E-state index in [1.807, 2.05) is 29.3 Å². The van der Waals surface area contributed by atoms with Gasteiger partial charge >= 0.3 is 0 Å². The molecule has 0 saturated heterocycles. The van der Waals surface area contributed by atoms with Gasteiger partial charge in [0.1, 0.15) is 0 Å². The van der Waals surface area contributed by atoms with Crippen molar-refractivity contribution in [3.05, 3.63) is 34.8 Å². The molecule has 2 aromatic rings. The average molecular weight is 288 g/mol. The molecule has 0 fully saturated rings. The Kier molecular flexibility index (Phi) is 3.31. The fourth-order valence-corrected chi connectivity index (χ4v) is 3.17. The van der Waals surface area contributed by atoms with Crippen molar-refractivity contribution < 1.29 is 4.79 Å². The van der Waals surface area contributed by atoms with Crippen LogP contribution in [0.3, 0.4) is 0 Å². The Hall–Kier alpha value is -2.08. The number of rotatable bonds is 3. The molecule has 0 atom stereocenters. The van der Waals surface area contributed by atoms with Crippen molar-refractivity contribution >= 4 is 33.8 Å². The molecule has 1 aromatic carbocycles. The molecular formula is C14H16N4OS. The highest BCUT2D eigenvalue weighted by Gasteiger charge is 2.23. The summed E-state index contributed by atoms with van der Waals surface area (Å²) in [6, 6.07) is 5.89. The van der Waals surface area contributed by atoms with Crippen LogP contribution < -0.4 is 16.0 Å². The highest BCUT2D eigenvalue weighted by atomic mass is 32.1. The predicted molar refractivity (Wildman–Crippen MR) is 82.3 cm³/mol. The van der Waals surface area contributed by atoms with Crippen molar-refractivity contribution in [2.45, 2.75) is 13.3 Å². The Morgan fingerprint density at radius 2 is 2.40 bits per heavy atom. The van der Waals surface area contributed by atoms with Crippen LogP contribution in [0, 0.1) is 6.92 Å². The third kappa shape index (κ3) is 2.46. The van der Waals surface area contributed by atoms with Crippen molar-refractivity contribution in [1.82, 2.24) is 4.98 Å². The minimum atomic E-state index is -0.0598. The summed E-state index contributed by atoms with van der Waals surface area (Å²) in [7, 11) is 0. The van der Waals surface area contributed by atoms with Crippen molar-refractivity contribution in [2.24, 2.45) is 0 Å². The minimum absolute atomic E-state index is 0.0598. The monoisotopic (exact) mass is 288 g/mol. The summed E-state index contributed by atoms with van der Waals surface area (Å²) in [4.78, 5) is 18.3. The molecule has 5 nitrogen and oxygen atoms in total. The molecule has 0 spiro atoms. The summed E-state index contributed by atoms with van der Waals surface area (Å²) < 4.78 is 0. The number of amides is 1. The number of nitrogens with two attached hydrogens (primary N) is 1. The molecular weight excluding hydrogens is 272 g/mol. The number of aromatic nitrogens is 1. The van der Waals surface area contributed by atoms with Gasteiger partial charge in [-0.1, -0.05) is 12.1 Å². The maximum absolute atomic E-state index is 12.1. The molecule has 0 aliphatic carbocycles. The maximum Gasteiger partial charge on any atom is 0.245 e. The molecule has 0 unspecified atom stereocenters. The van der Waals surface area contributed by atoms with E-state index in [-0.39, 0.29) is 5.91 Å². The largest absolute Gasteiger partial charge is 0.397 e. The summed E-state index contributed by atoms with van der Waals surface area (Å²) in [6.45, 7) is 3.04. The van der Waals surface area contributed by atoms with E-state index in [9.17, 15) is 4.79 Å². The normalized spacial score (nSPS) is 13.3. The van der Waals surface area contributed by atoms with Gasteiger partial charge in [-0.05, 0) is 25.0 Å². The lowest BCUT2D eigenvalue weighted by molar-refractivity contribution is -0.114. The van der Waals surface area contributed by atoms with E-state index in [4.69, 9.17) is 5.73 Å². The average Bonchev–Trinajstić information content (AvgIpc) is 2.97. The van der Waals surface area contributed by atoms with Crippen molar-refractivity contribution in [3.63, 3.8) is 0 Å². The second-order valence-electron chi connectivity index (χ2n) is 4.87. The number of carbonyl (C=O) groups is 1. The quantitative estimate of drug-likeness (QED) is 0.848. The first kappa shape index (κ1) is 12.9. The SMILES string of the molecule is Cc1csc(NC(=O)CN2CCc3cccc(N)c32)n1. The van der Waals surface area contributed by atoms with E-state index in [1.165, 1.54) is 16.9 Å². The lowest BCUT2D eigenvalue weighted by Crippen LogP contribution is -2.32. The number of para-hydroxylation sites is 1. The summed E-state index contributed by atoms with van der Waals surface area (Å²) >= 11 is 1.44. The second-order valence-corrected chi connectivity index (χ2v) is 5.73. The van der Waals surface area contributed by atoms with E-state index in [0.717, 1.165) is 30.0 Å². The van der Waals surface area contributed by atoms with Gasteiger partial charge in [0.25, 0.3) is 0 Å². The fourth-order valence-electron chi connectivity index (χ4n) is 2.47. The predicted octanol–water partition coefficient (Wildman–Crippen LogP) is 2.03. The van der Waals surface area contributed by atoms with Crippen LogP contribution in [0.5, 0.6) is 0 Å². The first-order valence-corrected chi connectivity index (χ1v) is 7.36. The topological polar surface area (TPSA) is 71.2 Å². The van der Waals surface area contributed by atoms with Crippen LogP contribution in [-0.2, 0) is 11.2 Å². The molecule has 1 aliphatic rings. The van der Waals surface area contributed by atoms with E-state index in [1.54, 1.807) is 0 Å². The summed E-state index contributed by atoms with van der Waals surface area (Å²) in [5.74, 6) is -0.0598. The van der Waals surface area contributed by atoms with Crippen LogP contribution in [-0.4, -0.2) is 24.0 Å². The summed E-state index contributed by atoms with van der Waals surface area (Å²) in [5, 5.41) is 5.39. The fraction of sp³-hybridized carbons (Fsp3) is 0.286. The lowest BCUT2D eigenvalue weighted by atomic mass is 10.1. The van der Waals surface area contributed by atoms with Crippen molar-refractivity contribution in [3.8, 4) is 0 Å². The second kappa shape index (κ2) is 5.13. The molecule has 1 aromatic heterocycles. The lowest BCUT2D eigenvalue weighted by Gasteiger charge is -2.19. The Labute approximate surface area is 121 Å². The van der Waals surface area contributed by atoms with Gasteiger partial charge in [-0.2, -0.15) is 0 Å². The number of anilines is 3. The van der Waals surface area contributed by atoms with Gasteiger partial charge in [-0.15, -0.1) is 11.3 Å². The summed E-state index contributed by atoms with van der Waals surface area (Å²) in [5.41, 5.74) is 9.87. The van der Waals surface area contributed by atoms with Gasteiger partial charge in [-0.25, -0.2) is 4.98 Å². The Morgan fingerprint density at radius 3 is 3.15 bits per heavy atom. The van der Waals surface area contributed by atoms with E-state index < -0.39 is 0 Å². The first-order valence-electron chi connectivity index (χ1n) is 6.48. The zero-order valence-corrected chi connectivity index (χ0v) is 12.0. The van der Waals surface area contributed by atoms with Gasteiger partial charge in [0.05, 0.1) is 23.6 Å². The Balaban J connectivity index is 1.69. The third-order valence-electron chi connectivity index (χ3n) is 3.32. The van der Waals surface area contributed by atoms with Crippen LogP contribution in [0.25, 0.3) is 0 Å². The molecule has 0 radical (unpaired) electrons. The van der Waals surface area contributed by atoms with Crippen LogP contribution in [0.2, 0.25) is 0 Å². The first-order chi connectivity index (χ1) is 9.63. The number of nitrogens with one attached hydrogen (secondary N) is 1. The third-order valence-corrected chi connectivity index (χ3v) is 4.19. The highest BCUT2D eigenvalue weighted by molar-refractivity contribution is 7.13. The molecule has 1 amide bonds. The molecule has 3 N–H and O–H groups in total. The van der Waals surface area contributed by atoms with Gasteiger partial charge in [0.2, 0.25) is 5.91 Å². The van der Waals surface area contributed by atoms with Crippen LogP contribution in [0.4, 0.5) is 16.5 Å². The number of nitrogens with zero attached hydrogens (tertiary/aromatic N) is 2. The van der Waals surface area contributed by atoms with E-state index >= 15 is 0 Å². The van der Waals surface area contributed by atoms with Crippen molar-refractivity contribution in [1.29, 1.82) is 0 Å². The molecule has 6 heteroatoms. The smallest absolute Gasteiger partial charge is 0.245 e. The van der Waals surface area contributed by atoms with E-state index in [2.05, 4.69) is 16.4 Å².